The van der Waals surface area contributed by atoms with Crippen LogP contribution >= 0.6 is 0 Å². The number of amides is 1. The minimum atomic E-state index is 0.188. The normalized spacial score (nSPS) is 26.3. The number of carbonyl (C=O) groups is 1. The Labute approximate surface area is 144 Å². The third-order valence-corrected chi connectivity index (χ3v) is 5.62. The molecule has 4 rings (SSSR count). The van der Waals surface area contributed by atoms with Gasteiger partial charge in [0.1, 0.15) is 0 Å². The van der Waals surface area contributed by atoms with Crippen LogP contribution in [0.5, 0.6) is 0 Å². The number of benzene rings is 2. The molecule has 1 N–H and O–H groups in total. The first-order chi connectivity index (χ1) is 11.7. The molecule has 3 unspecified atom stereocenters. The van der Waals surface area contributed by atoms with Gasteiger partial charge in [0, 0.05) is 19.5 Å². The predicted molar refractivity (Wildman–Crippen MR) is 98.0 cm³/mol. The number of rotatable bonds is 4. The van der Waals surface area contributed by atoms with Crippen molar-refractivity contribution < 1.29 is 4.79 Å². The predicted octanol–water partition coefficient (Wildman–Crippen LogP) is 3.40. The van der Waals surface area contributed by atoms with Gasteiger partial charge in [-0.25, -0.2) is 0 Å². The molecule has 1 aliphatic heterocycles. The Hall–Kier alpha value is -1.87. The van der Waals surface area contributed by atoms with Crippen molar-refractivity contribution in [2.24, 2.45) is 11.8 Å². The molecule has 3 nitrogen and oxygen atoms in total. The van der Waals surface area contributed by atoms with Gasteiger partial charge < -0.3 is 10.2 Å². The quantitative estimate of drug-likeness (QED) is 0.936. The third kappa shape index (κ3) is 3.18. The molecular weight excluding hydrogens is 296 g/mol. The average molecular weight is 322 g/mol. The van der Waals surface area contributed by atoms with Crippen LogP contribution in [-0.4, -0.2) is 37.5 Å². The zero-order valence-corrected chi connectivity index (χ0v) is 14.4. The molecule has 0 spiro atoms. The van der Waals surface area contributed by atoms with Crippen LogP contribution in [0.4, 0.5) is 0 Å². The van der Waals surface area contributed by atoms with E-state index in [0.717, 1.165) is 26.1 Å². The van der Waals surface area contributed by atoms with Crippen molar-refractivity contribution in [3.8, 4) is 0 Å². The fraction of sp³-hybridized carbons (Fsp3) is 0.476. The number of hydrogen-bond donors (Lipinski definition) is 1. The van der Waals surface area contributed by atoms with Crippen molar-refractivity contribution in [2.75, 3.05) is 26.7 Å². The fourth-order valence-electron chi connectivity index (χ4n) is 4.11. The minimum Gasteiger partial charge on any atom is -0.345 e. The summed E-state index contributed by atoms with van der Waals surface area (Å²) in [6.07, 6.45) is 3.48. The van der Waals surface area contributed by atoms with Crippen LogP contribution in [0, 0.1) is 11.8 Å². The summed E-state index contributed by atoms with van der Waals surface area (Å²) < 4.78 is 0. The minimum absolute atomic E-state index is 0.188. The molecule has 2 aliphatic rings. The van der Waals surface area contributed by atoms with Gasteiger partial charge >= 0.3 is 0 Å². The van der Waals surface area contributed by atoms with Crippen molar-refractivity contribution in [2.45, 2.75) is 25.2 Å². The Balaban J connectivity index is 1.39. The molecule has 1 amide bonds. The average Bonchev–Trinajstić information content (AvgIpc) is 3.42. The molecule has 126 valence electrons. The van der Waals surface area contributed by atoms with Gasteiger partial charge in [0.05, 0.1) is 0 Å². The highest BCUT2D eigenvalue weighted by Crippen LogP contribution is 2.48. The van der Waals surface area contributed by atoms with Crippen LogP contribution in [0.3, 0.4) is 0 Å². The Bertz CT molecular complexity index is 735. The lowest BCUT2D eigenvalue weighted by atomic mass is 9.99. The van der Waals surface area contributed by atoms with Gasteiger partial charge in [0.25, 0.3) is 0 Å². The standard InChI is InChI=1S/C21H26N2O/c1-23(14-15-5-4-10-22-13-15)21(24)20-12-19(20)18-9-8-16-6-2-3-7-17(16)11-18/h2-3,6-9,11,15,19-20,22H,4-5,10,12-14H2,1H3. The van der Waals surface area contributed by atoms with E-state index >= 15 is 0 Å². The molecule has 2 aromatic carbocycles. The van der Waals surface area contributed by atoms with Crippen LogP contribution in [0.1, 0.15) is 30.7 Å². The summed E-state index contributed by atoms with van der Waals surface area (Å²) in [5.41, 5.74) is 1.32. The van der Waals surface area contributed by atoms with E-state index in [-0.39, 0.29) is 5.92 Å². The highest BCUT2D eigenvalue weighted by Gasteiger charge is 2.45. The highest BCUT2D eigenvalue weighted by molar-refractivity contribution is 5.85. The van der Waals surface area contributed by atoms with Gasteiger partial charge in [-0.2, -0.15) is 0 Å². The van der Waals surface area contributed by atoms with E-state index in [0.29, 0.717) is 17.7 Å². The monoisotopic (exact) mass is 322 g/mol. The van der Waals surface area contributed by atoms with Crippen LogP contribution in [0.15, 0.2) is 42.5 Å². The smallest absolute Gasteiger partial charge is 0.226 e. The van der Waals surface area contributed by atoms with Gasteiger partial charge in [-0.05, 0) is 60.5 Å². The first kappa shape index (κ1) is 15.6. The van der Waals surface area contributed by atoms with Crippen molar-refractivity contribution in [3.05, 3.63) is 48.0 Å². The fourth-order valence-corrected chi connectivity index (χ4v) is 4.11. The molecule has 1 saturated carbocycles. The maximum atomic E-state index is 12.7. The van der Waals surface area contributed by atoms with Gasteiger partial charge in [-0.15, -0.1) is 0 Å². The van der Waals surface area contributed by atoms with E-state index in [1.807, 2.05) is 11.9 Å². The maximum absolute atomic E-state index is 12.7. The van der Waals surface area contributed by atoms with Gasteiger partial charge in [0.15, 0.2) is 0 Å². The van der Waals surface area contributed by atoms with E-state index in [4.69, 9.17) is 0 Å². The number of carbonyl (C=O) groups excluding carboxylic acids is 1. The van der Waals surface area contributed by atoms with Gasteiger partial charge in [0.2, 0.25) is 5.91 Å². The van der Waals surface area contributed by atoms with Gasteiger partial charge in [-0.3, -0.25) is 4.79 Å². The maximum Gasteiger partial charge on any atom is 0.226 e. The van der Waals surface area contributed by atoms with E-state index in [2.05, 4.69) is 47.8 Å². The number of nitrogens with zero attached hydrogens (tertiary/aromatic N) is 1. The lowest BCUT2D eigenvalue weighted by Gasteiger charge is -2.27. The van der Waals surface area contributed by atoms with Crippen molar-refractivity contribution >= 4 is 16.7 Å². The lowest BCUT2D eigenvalue weighted by Crippen LogP contribution is -2.39. The second-order valence-electron chi connectivity index (χ2n) is 7.49. The number of piperidine rings is 1. The summed E-state index contributed by atoms with van der Waals surface area (Å²) in [7, 11) is 1.98. The van der Waals surface area contributed by atoms with Crippen molar-refractivity contribution in [3.63, 3.8) is 0 Å². The Morgan fingerprint density at radius 3 is 2.83 bits per heavy atom. The summed E-state index contributed by atoms with van der Waals surface area (Å²) in [4.78, 5) is 14.7. The number of hydrogen-bond acceptors (Lipinski definition) is 2. The number of nitrogens with one attached hydrogen (secondary N) is 1. The molecule has 2 fully saturated rings. The summed E-state index contributed by atoms with van der Waals surface area (Å²) in [5.74, 6) is 1.55. The van der Waals surface area contributed by atoms with E-state index in [1.165, 1.54) is 29.2 Å². The molecule has 3 heteroatoms. The molecule has 3 atom stereocenters. The number of fused-ring (bicyclic) bond motifs is 1. The van der Waals surface area contributed by atoms with Crippen LogP contribution in [0.25, 0.3) is 10.8 Å². The van der Waals surface area contributed by atoms with Crippen LogP contribution in [-0.2, 0) is 4.79 Å². The van der Waals surface area contributed by atoms with E-state index < -0.39 is 0 Å². The van der Waals surface area contributed by atoms with Crippen LogP contribution < -0.4 is 5.32 Å². The molecular formula is C21H26N2O. The molecule has 1 heterocycles. The van der Waals surface area contributed by atoms with E-state index in [1.54, 1.807) is 0 Å². The molecule has 2 aromatic rings. The summed E-state index contributed by atoms with van der Waals surface area (Å²) in [6, 6.07) is 15.1. The van der Waals surface area contributed by atoms with Crippen LogP contribution in [0.2, 0.25) is 0 Å². The molecule has 1 saturated heterocycles. The van der Waals surface area contributed by atoms with Gasteiger partial charge in [-0.1, -0.05) is 42.5 Å². The summed E-state index contributed by atoms with van der Waals surface area (Å²) in [6.45, 7) is 3.07. The third-order valence-electron chi connectivity index (χ3n) is 5.62. The largest absolute Gasteiger partial charge is 0.345 e. The zero-order chi connectivity index (χ0) is 16.5. The first-order valence-electron chi connectivity index (χ1n) is 9.17. The Morgan fingerprint density at radius 2 is 2.04 bits per heavy atom. The molecule has 24 heavy (non-hydrogen) atoms. The molecule has 1 aliphatic carbocycles. The second-order valence-corrected chi connectivity index (χ2v) is 7.49. The molecule has 0 bridgehead atoms. The topological polar surface area (TPSA) is 32.3 Å². The molecule has 0 aromatic heterocycles. The first-order valence-corrected chi connectivity index (χ1v) is 9.17. The van der Waals surface area contributed by atoms with Crippen molar-refractivity contribution in [1.29, 1.82) is 0 Å². The molecule has 0 radical (unpaired) electrons. The van der Waals surface area contributed by atoms with Crippen molar-refractivity contribution in [1.82, 2.24) is 10.2 Å². The second kappa shape index (κ2) is 6.56. The Morgan fingerprint density at radius 1 is 1.21 bits per heavy atom. The summed E-state index contributed by atoms with van der Waals surface area (Å²) >= 11 is 0. The lowest BCUT2D eigenvalue weighted by molar-refractivity contribution is -0.132. The SMILES string of the molecule is CN(CC1CCCNC1)C(=O)C1CC1c1ccc2ccccc2c1. The summed E-state index contributed by atoms with van der Waals surface area (Å²) in [5, 5.41) is 5.98. The van der Waals surface area contributed by atoms with E-state index in [9.17, 15) is 4.79 Å². The zero-order valence-electron chi connectivity index (χ0n) is 14.4. The highest BCUT2D eigenvalue weighted by atomic mass is 16.2. The Kier molecular flexibility index (Phi) is 4.28.